The van der Waals surface area contributed by atoms with Gasteiger partial charge in [0.25, 0.3) is 0 Å². The first-order valence-electron chi connectivity index (χ1n) is 12.5. The van der Waals surface area contributed by atoms with E-state index >= 15 is 0 Å². The van der Waals surface area contributed by atoms with Crippen LogP contribution in [0.2, 0.25) is 0 Å². The van der Waals surface area contributed by atoms with E-state index in [0.717, 1.165) is 30.6 Å². The van der Waals surface area contributed by atoms with E-state index in [4.69, 9.17) is 19.7 Å². The summed E-state index contributed by atoms with van der Waals surface area (Å²) >= 11 is 1.18. The Kier molecular flexibility index (Phi) is 8.76. The second-order valence-electron chi connectivity index (χ2n) is 10.2. The number of hydrogen-bond acceptors (Lipinski definition) is 8. The lowest BCUT2D eigenvalue weighted by atomic mass is 9.74. The third-order valence-corrected chi connectivity index (χ3v) is 7.70. The molecule has 9 nitrogen and oxygen atoms in total. The maximum atomic E-state index is 13.6. The Bertz CT molecular complexity index is 1070. The van der Waals surface area contributed by atoms with Gasteiger partial charge < -0.3 is 20.7 Å². The minimum Gasteiger partial charge on any atom is -0.374 e. The number of fused-ring (bicyclic) bond motifs is 2. The lowest BCUT2D eigenvalue weighted by molar-refractivity contribution is -0.160. The van der Waals surface area contributed by atoms with Crippen LogP contribution >= 0.6 is 12.2 Å². The zero-order valence-corrected chi connectivity index (χ0v) is 22.5. The number of piperidine rings is 1. The van der Waals surface area contributed by atoms with Crippen LogP contribution in [0.15, 0.2) is 54.6 Å². The molecule has 37 heavy (non-hydrogen) atoms. The van der Waals surface area contributed by atoms with E-state index < -0.39 is 17.5 Å². The van der Waals surface area contributed by atoms with Crippen LogP contribution in [0.4, 0.5) is 5.69 Å². The van der Waals surface area contributed by atoms with Crippen molar-refractivity contribution in [3.8, 4) is 0 Å². The summed E-state index contributed by atoms with van der Waals surface area (Å²) in [7, 11) is 1.49. The molecule has 3 N–H and O–H groups in total. The number of benzene rings is 2. The van der Waals surface area contributed by atoms with Gasteiger partial charge in [-0.3, -0.25) is 13.9 Å². The second-order valence-corrected chi connectivity index (χ2v) is 10.9. The number of nitrogens with two attached hydrogens (primary N) is 1. The number of likely N-dealkylation sites (tertiary alicyclic amines) is 1. The van der Waals surface area contributed by atoms with Crippen LogP contribution in [-0.4, -0.2) is 61.6 Å². The fourth-order valence-corrected chi connectivity index (χ4v) is 5.58. The predicted octanol–water partition coefficient (Wildman–Crippen LogP) is 2.95. The Labute approximate surface area is 222 Å². The largest absolute Gasteiger partial charge is 0.374 e. The smallest absolute Gasteiger partial charge is 0.247 e. The number of rotatable bonds is 10. The second kappa shape index (κ2) is 11.8. The number of carbonyl (C=O) groups excluding carboxylic acids is 2. The number of nitrogens with zero attached hydrogens (tertiary/aromatic N) is 2. The van der Waals surface area contributed by atoms with Gasteiger partial charge in [-0.05, 0) is 43.9 Å². The number of amides is 2. The minimum atomic E-state index is -1.11. The molecule has 10 heteroatoms. The monoisotopic (exact) mass is 528 g/mol. The molecule has 1 atom stereocenters. The molecule has 2 amide bonds. The molecule has 1 saturated heterocycles. The quantitative estimate of drug-likeness (QED) is 0.210. The zero-order valence-electron chi connectivity index (χ0n) is 21.6. The van der Waals surface area contributed by atoms with Gasteiger partial charge in [-0.1, -0.05) is 48.5 Å². The summed E-state index contributed by atoms with van der Waals surface area (Å²) in [6, 6.07) is 17.2. The summed E-state index contributed by atoms with van der Waals surface area (Å²) in [6.07, 6.45) is 1.60. The highest BCUT2D eigenvalue weighted by atomic mass is 32.2. The SMILES string of the molecule is COOSN1CC2(CCN(C(=O)C(COCc3ccccc3)NC(=O)C(C)(C)N)CC2)c2ccccc21. The Morgan fingerprint density at radius 2 is 1.78 bits per heavy atom. The molecular formula is C27H36N4O5S. The molecule has 2 aromatic rings. The molecule has 1 spiro atoms. The fraction of sp³-hybridized carbons (Fsp3) is 0.481. The fourth-order valence-electron chi connectivity index (χ4n) is 4.91. The first-order valence-corrected chi connectivity index (χ1v) is 13.2. The topological polar surface area (TPSA) is 106 Å². The van der Waals surface area contributed by atoms with Crippen LogP contribution in [0.1, 0.15) is 37.8 Å². The van der Waals surface area contributed by atoms with Gasteiger partial charge >= 0.3 is 0 Å². The Morgan fingerprint density at radius 1 is 1.11 bits per heavy atom. The molecule has 0 aliphatic carbocycles. The summed E-state index contributed by atoms with van der Waals surface area (Å²) < 4.78 is 13.1. The Balaban J connectivity index is 1.42. The van der Waals surface area contributed by atoms with Crippen molar-refractivity contribution in [2.24, 2.45) is 5.73 Å². The molecule has 0 bridgehead atoms. The van der Waals surface area contributed by atoms with E-state index in [9.17, 15) is 9.59 Å². The molecule has 0 aromatic heterocycles. The average Bonchev–Trinajstić information content (AvgIpc) is 3.20. The normalized spacial score (nSPS) is 17.5. The molecule has 200 valence electrons. The summed E-state index contributed by atoms with van der Waals surface area (Å²) in [4.78, 5) is 32.9. The zero-order chi connectivity index (χ0) is 26.5. The van der Waals surface area contributed by atoms with E-state index in [1.54, 1.807) is 13.8 Å². The predicted molar refractivity (Wildman–Crippen MR) is 143 cm³/mol. The molecule has 2 heterocycles. The maximum absolute atomic E-state index is 13.6. The summed E-state index contributed by atoms with van der Waals surface area (Å²) in [5.41, 5.74) is 8.17. The molecule has 2 aliphatic rings. The van der Waals surface area contributed by atoms with Crippen molar-refractivity contribution >= 4 is 29.7 Å². The number of para-hydroxylation sites is 1. The Morgan fingerprint density at radius 3 is 2.46 bits per heavy atom. The van der Waals surface area contributed by atoms with Crippen LogP contribution in [-0.2, 0) is 35.6 Å². The van der Waals surface area contributed by atoms with E-state index in [2.05, 4.69) is 21.8 Å². The molecule has 1 unspecified atom stereocenters. The first-order chi connectivity index (χ1) is 17.7. The number of carbonyl (C=O) groups is 2. The van der Waals surface area contributed by atoms with Gasteiger partial charge in [-0.2, -0.15) is 0 Å². The molecule has 2 aliphatic heterocycles. The first kappa shape index (κ1) is 27.4. The van der Waals surface area contributed by atoms with Crippen LogP contribution < -0.4 is 15.4 Å². The molecule has 0 saturated carbocycles. The molecule has 0 radical (unpaired) electrons. The van der Waals surface area contributed by atoms with Crippen molar-refractivity contribution in [2.75, 3.05) is 37.7 Å². The van der Waals surface area contributed by atoms with Crippen LogP contribution in [0.5, 0.6) is 0 Å². The average molecular weight is 529 g/mol. The van der Waals surface area contributed by atoms with Gasteiger partial charge in [0, 0.05) is 25.0 Å². The van der Waals surface area contributed by atoms with Crippen LogP contribution in [0, 0.1) is 0 Å². The molecular weight excluding hydrogens is 492 g/mol. The van der Waals surface area contributed by atoms with Gasteiger partial charge in [-0.25, -0.2) is 4.89 Å². The number of hydrogen-bond donors (Lipinski definition) is 2. The highest BCUT2D eigenvalue weighted by Crippen LogP contribution is 2.49. The van der Waals surface area contributed by atoms with E-state index in [1.807, 2.05) is 47.4 Å². The molecule has 4 rings (SSSR count). The maximum Gasteiger partial charge on any atom is 0.247 e. The van der Waals surface area contributed by atoms with Crippen molar-refractivity contribution in [1.82, 2.24) is 10.2 Å². The van der Waals surface area contributed by atoms with Gasteiger partial charge in [0.1, 0.15) is 6.04 Å². The summed E-state index contributed by atoms with van der Waals surface area (Å²) in [5.74, 6) is -0.543. The van der Waals surface area contributed by atoms with E-state index in [0.29, 0.717) is 19.7 Å². The third kappa shape index (κ3) is 6.45. The lowest BCUT2D eigenvalue weighted by Gasteiger charge is -2.41. The lowest BCUT2D eigenvalue weighted by Crippen LogP contribution is -2.59. The highest BCUT2D eigenvalue weighted by molar-refractivity contribution is 7.96. The van der Waals surface area contributed by atoms with Gasteiger partial charge in [-0.15, -0.1) is 4.33 Å². The number of nitrogens with one attached hydrogen (secondary N) is 1. The van der Waals surface area contributed by atoms with Gasteiger partial charge in [0.05, 0.1) is 31.5 Å². The third-order valence-electron chi connectivity index (χ3n) is 7.00. The van der Waals surface area contributed by atoms with Crippen LogP contribution in [0.25, 0.3) is 0 Å². The molecule has 1 fully saturated rings. The van der Waals surface area contributed by atoms with E-state index in [1.165, 1.54) is 24.9 Å². The van der Waals surface area contributed by atoms with Crippen LogP contribution in [0.3, 0.4) is 0 Å². The summed E-state index contributed by atoms with van der Waals surface area (Å²) in [6.45, 7) is 5.58. The van der Waals surface area contributed by atoms with E-state index in [-0.39, 0.29) is 17.9 Å². The van der Waals surface area contributed by atoms with Crippen molar-refractivity contribution in [3.05, 3.63) is 65.7 Å². The number of ether oxygens (including phenoxy) is 1. The molecule has 2 aromatic carbocycles. The van der Waals surface area contributed by atoms with Gasteiger partial charge in [0.15, 0.2) is 12.2 Å². The van der Waals surface area contributed by atoms with Crippen molar-refractivity contribution in [3.63, 3.8) is 0 Å². The standard InChI is InChI=1S/C27H36N4O5S/c1-26(2,28)25(33)29-22(18-35-17-20-9-5-4-6-10-20)24(32)30-15-13-27(14-16-30)19-31(37-36-34-3)23-12-8-7-11-21(23)27/h4-12,22H,13-19,28H2,1-3H3,(H,29,33). The minimum absolute atomic E-state index is 0.0683. The van der Waals surface area contributed by atoms with Crippen molar-refractivity contribution < 1.29 is 23.5 Å². The Hall–Kier alpha value is -2.63. The van der Waals surface area contributed by atoms with Gasteiger partial charge in [0.2, 0.25) is 11.8 Å². The number of anilines is 1. The van der Waals surface area contributed by atoms with Crippen molar-refractivity contribution in [2.45, 2.75) is 50.3 Å². The highest BCUT2D eigenvalue weighted by Gasteiger charge is 2.46. The summed E-state index contributed by atoms with van der Waals surface area (Å²) in [5, 5.41) is 2.83. The van der Waals surface area contributed by atoms with Crippen molar-refractivity contribution in [1.29, 1.82) is 0 Å².